The standard InChI is InChI=1S/C12H8FNO/c13-11-8-12-10(3-1-5-14-12)7-9(11)4-2-6-15/h1-8H. The molecule has 0 amide bonds. The zero-order valence-electron chi connectivity index (χ0n) is 7.85. The quantitative estimate of drug-likeness (QED) is 0.552. The Balaban J connectivity index is 2.61. The van der Waals surface area contributed by atoms with Gasteiger partial charge in [0.25, 0.3) is 0 Å². The van der Waals surface area contributed by atoms with Crippen molar-refractivity contribution in [1.29, 1.82) is 0 Å². The summed E-state index contributed by atoms with van der Waals surface area (Å²) < 4.78 is 13.4. The highest BCUT2D eigenvalue weighted by Gasteiger charge is 2.01. The Bertz CT molecular complexity index is 534. The van der Waals surface area contributed by atoms with Crippen molar-refractivity contribution >= 4 is 23.3 Å². The topological polar surface area (TPSA) is 30.0 Å². The molecular weight excluding hydrogens is 193 g/mol. The number of carbonyl (C=O) groups excluding carboxylic acids is 1. The van der Waals surface area contributed by atoms with Gasteiger partial charge in [0.05, 0.1) is 5.52 Å². The molecule has 0 saturated carbocycles. The second-order valence-electron chi connectivity index (χ2n) is 3.07. The Morgan fingerprint density at radius 3 is 3.00 bits per heavy atom. The first-order chi connectivity index (χ1) is 7.31. The van der Waals surface area contributed by atoms with Gasteiger partial charge in [-0.15, -0.1) is 0 Å². The smallest absolute Gasteiger partial charge is 0.142 e. The highest BCUT2D eigenvalue weighted by molar-refractivity contribution is 5.83. The van der Waals surface area contributed by atoms with Crippen LogP contribution in [-0.4, -0.2) is 11.3 Å². The van der Waals surface area contributed by atoms with Crippen LogP contribution < -0.4 is 0 Å². The molecule has 2 nitrogen and oxygen atoms in total. The molecule has 0 fully saturated rings. The fraction of sp³-hybridized carbons (Fsp3) is 0. The van der Waals surface area contributed by atoms with Crippen molar-refractivity contribution in [3.05, 3.63) is 47.9 Å². The average Bonchev–Trinajstić information content (AvgIpc) is 2.26. The number of pyridine rings is 1. The van der Waals surface area contributed by atoms with E-state index >= 15 is 0 Å². The Hall–Kier alpha value is -2.03. The summed E-state index contributed by atoms with van der Waals surface area (Å²) in [5.74, 6) is -0.376. The van der Waals surface area contributed by atoms with Crippen molar-refractivity contribution in [2.75, 3.05) is 0 Å². The number of fused-ring (bicyclic) bond motifs is 1. The lowest BCUT2D eigenvalue weighted by Gasteiger charge is -2.00. The fourth-order valence-electron chi connectivity index (χ4n) is 1.38. The molecule has 15 heavy (non-hydrogen) atoms. The maximum Gasteiger partial charge on any atom is 0.142 e. The average molecular weight is 201 g/mol. The summed E-state index contributed by atoms with van der Waals surface area (Å²) in [6.45, 7) is 0. The molecule has 0 aliphatic carbocycles. The summed E-state index contributed by atoms with van der Waals surface area (Å²) in [6.07, 6.45) is 4.94. The number of aldehydes is 1. The largest absolute Gasteiger partial charge is 0.299 e. The van der Waals surface area contributed by atoms with Crippen LogP contribution in [0.2, 0.25) is 0 Å². The van der Waals surface area contributed by atoms with E-state index < -0.39 is 0 Å². The predicted molar refractivity (Wildman–Crippen MR) is 56.8 cm³/mol. The van der Waals surface area contributed by atoms with Crippen LogP contribution in [-0.2, 0) is 4.79 Å². The molecule has 0 spiro atoms. The Morgan fingerprint density at radius 2 is 2.20 bits per heavy atom. The number of nitrogens with zero attached hydrogens (tertiary/aromatic N) is 1. The van der Waals surface area contributed by atoms with E-state index in [-0.39, 0.29) is 5.82 Å². The number of carbonyl (C=O) groups is 1. The first-order valence-corrected chi connectivity index (χ1v) is 4.47. The van der Waals surface area contributed by atoms with Crippen molar-refractivity contribution in [3.8, 4) is 0 Å². The number of allylic oxidation sites excluding steroid dienone is 1. The van der Waals surface area contributed by atoms with Crippen molar-refractivity contribution < 1.29 is 9.18 Å². The molecule has 3 heteroatoms. The number of hydrogen-bond acceptors (Lipinski definition) is 2. The molecule has 0 aliphatic heterocycles. The van der Waals surface area contributed by atoms with Gasteiger partial charge in [0, 0.05) is 23.2 Å². The van der Waals surface area contributed by atoms with Crippen molar-refractivity contribution in [1.82, 2.24) is 4.98 Å². The van der Waals surface area contributed by atoms with Gasteiger partial charge in [-0.2, -0.15) is 0 Å². The normalized spacial score (nSPS) is 11.0. The van der Waals surface area contributed by atoms with E-state index in [1.807, 2.05) is 6.07 Å². The van der Waals surface area contributed by atoms with Gasteiger partial charge in [0.15, 0.2) is 0 Å². The summed E-state index contributed by atoms with van der Waals surface area (Å²) in [4.78, 5) is 14.2. The van der Waals surface area contributed by atoms with Gasteiger partial charge in [0.2, 0.25) is 0 Å². The summed E-state index contributed by atoms with van der Waals surface area (Å²) in [7, 11) is 0. The van der Waals surface area contributed by atoms with E-state index in [1.165, 1.54) is 18.2 Å². The fourth-order valence-corrected chi connectivity index (χ4v) is 1.38. The van der Waals surface area contributed by atoms with Crippen LogP contribution in [0.4, 0.5) is 4.39 Å². The first-order valence-electron chi connectivity index (χ1n) is 4.47. The highest BCUT2D eigenvalue weighted by Crippen LogP contribution is 2.18. The minimum Gasteiger partial charge on any atom is -0.299 e. The zero-order valence-corrected chi connectivity index (χ0v) is 7.85. The Morgan fingerprint density at radius 1 is 1.33 bits per heavy atom. The molecule has 0 unspecified atom stereocenters. The number of rotatable bonds is 2. The second-order valence-corrected chi connectivity index (χ2v) is 3.07. The molecule has 2 rings (SSSR count). The van der Waals surface area contributed by atoms with Gasteiger partial charge in [-0.05, 0) is 24.3 Å². The molecule has 0 radical (unpaired) electrons. The lowest BCUT2D eigenvalue weighted by atomic mass is 10.1. The second kappa shape index (κ2) is 4.00. The monoisotopic (exact) mass is 201 g/mol. The minimum absolute atomic E-state index is 0.376. The van der Waals surface area contributed by atoms with Crippen LogP contribution in [0.3, 0.4) is 0 Å². The molecule has 0 N–H and O–H groups in total. The third-order valence-corrected chi connectivity index (χ3v) is 2.08. The van der Waals surface area contributed by atoms with Crippen molar-refractivity contribution in [2.45, 2.75) is 0 Å². The third-order valence-electron chi connectivity index (χ3n) is 2.08. The Labute approximate surface area is 86.1 Å². The van der Waals surface area contributed by atoms with Crippen LogP contribution in [0, 0.1) is 5.82 Å². The molecule has 1 aromatic carbocycles. The van der Waals surface area contributed by atoms with Gasteiger partial charge < -0.3 is 0 Å². The van der Waals surface area contributed by atoms with E-state index in [2.05, 4.69) is 4.98 Å². The first kappa shape index (κ1) is 9.52. The molecule has 2 aromatic rings. The molecule has 1 aromatic heterocycles. The van der Waals surface area contributed by atoms with Gasteiger partial charge in [-0.3, -0.25) is 9.78 Å². The van der Waals surface area contributed by atoms with E-state index in [0.717, 1.165) is 5.39 Å². The summed E-state index contributed by atoms with van der Waals surface area (Å²) in [6, 6.07) is 6.66. The Kier molecular flexibility index (Phi) is 2.54. The van der Waals surface area contributed by atoms with Gasteiger partial charge in [0.1, 0.15) is 12.1 Å². The van der Waals surface area contributed by atoms with E-state index in [9.17, 15) is 9.18 Å². The highest BCUT2D eigenvalue weighted by atomic mass is 19.1. The van der Waals surface area contributed by atoms with E-state index in [0.29, 0.717) is 17.4 Å². The lowest BCUT2D eigenvalue weighted by Crippen LogP contribution is -1.85. The number of hydrogen-bond donors (Lipinski definition) is 0. The molecule has 0 atom stereocenters. The number of halogens is 1. The van der Waals surface area contributed by atoms with Crippen LogP contribution in [0.25, 0.3) is 17.0 Å². The van der Waals surface area contributed by atoms with Gasteiger partial charge in [-0.25, -0.2) is 4.39 Å². The van der Waals surface area contributed by atoms with Gasteiger partial charge >= 0.3 is 0 Å². The van der Waals surface area contributed by atoms with Crippen molar-refractivity contribution in [3.63, 3.8) is 0 Å². The van der Waals surface area contributed by atoms with Crippen LogP contribution >= 0.6 is 0 Å². The molecule has 0 bridgehead atoms. The lowest BCUT2D eigenvalue weighted by molar-refractivity contribution is -0.104. The SMILES string of the molecule is O=CC=Cc1cc2cccnc2cc1F. The molecule has 0 aliphatic rings. The molecule has 1 heterocycles. The zero-order chi connectivity index (χ0) is 10.7. The minimum atomic E-state index is -0.376. The van der Waals surface area contributed by atoms with E-state index in [1.54, 1.807) is 18.3 Å². The summed E-state index contributed by atoms with van der Waals surface area (Å²) in [5, 5.41) is 0.851. The van der Waals surface area contributed by atoms with E-state index in [4.69, 9.17) is 0 Å². The van der Waals surface area contributed by atoms with Crippen LogP contribution in [0.5, 0.6) is 0 Å². The van der Waals surface area contributed by atoms with Gasteiger partial charge in [-0.1, -0.05) is 6.07 Å². The summed E-state index contributed by atoms with van der Waals surface area (Å²) >= 11 is 0. The third kappa shape index (κ3) is 1.91. The van der Waals surface area contributed by atoms with Crippen molar-refractivity contribution in [2.24, 2.45) is 0 Å². The van der Waals surface area contributed by atoms with Crippen LogP contribution in [0.1, 0.15) is 5.56 Å². The number of aromatic nitrogens is 1. The maximum absolute atomic E-state index is 13.4. The molecular formula is C12H8FNO. The maximum atomic E-state index is 13.4. The number of benzene rings is 1. The predicted octanol–water partition coefficient (Wildman–Crippen LogP) is 2.59. The van der Waals surface area contributed by atoms with Crippen LogP contribution in [0.15, 0.2) is 36.5 Å². The molecule has 0 saturated heterocycles. The summed E-state index contributed by atoms with van der Waals surface area (Å²) in [5.41, 5.74) is 1.00. The molecule has 74 valence electrons.